The summed E-state index contributed by atoms with van der Waals surface area (Å²) in [7, 11) is 0.584. The molecule has 0 aromatic rings. The van der Waals surface area contributed by atoms with Gasteiger partial charge in [0, 0.05) is 7.11 Å². The fourth-order valence-corrected chi connectivity index (χ4v) is 0.256. The molecule has 0 aromatic heterocycles. The molecule has 0 spiro atoms. The lowest BCUT2D eigenvalue weighted by molar-refractivity contribution is -0.240. The van der Waals surface area contributed by atoms with Crippen LogP contribution in [0.15, 0.2) is 0 Å². The van der Waals surface area contributed by atoms with Crippen molar-refractivity contribution in [3.05, 3.63) is 0 Å². The highest BCUT2D eigenvalue weighted by Gasteiger charge is 2.50. The van der Waals surface area contributed by atoms with E-state index in [-0.39, 0.29) is 0 Å². The van der Waals surface area contributed by atoms with Crippen molar-refractivity contribution >= 4 is 0 Å². The second kappa shape index (κ2) is 3.14. The molecule has 0 aliphatic rings. The van der Waals surface area contributed by atoms with Crippen LogP contribution >= 0.6 is 0 Å². The SMILES string of the molecule is COC(F)C(F)(F)C(F)F. The maximum absolute atomic E-state index is 11.7. The van der Waals surface area contributed by atoms with Gasteiger partial charge in [0.1, 0.15) is 0 Å². The molecule has 0 aliphatic heterocycles. The molecule has 1 unspecified atom stereocenters. The molecular formula is C4H5F5O. The largest absolute Gasteiger partial charge is 0.361 e. The summed E-state index contributed by atoms with van der Waals surface area (Å²) in [4.78, 5) is 0. The first-order valence-electron chi connectivity index (χ1n) is 2.25. The Balaban J connectivity index is 4.09. The molecular weight excluding hydrogens is 159 g/mol. The number of hydrogen-bond donors (Lipinski definition) is 0. The minimum atomic E-state index is -4.71. The third kappa shape index (κ3) is 1.80. The highest BCUT2D eigenvalue weighted by atomic mass is 19.3. The third-order valence-electron chi connectivity index (χ3n) is 0.800. The molecule has 0 saturated heterocycles. The van der Waals surface area contributed by atoms with Crippen molar-refractivity contribution in [3.63, 3.8) is 0 Å². The van der Waals surface area contributed by atoms with E-state index >= 15 is 0 Å². The number of hydrogen-bond acceptors (Lipinski definition) is 1. The summed E-state index contributed by atoms with van der Waals surface area (Å²) in [6.45, 7) is 0. The Kier molecular flexibility index (Phi) is 3.01. The van der Waals surface area contributed by atoms with Gasteiger partial charge in [-0.1, -0.05) is 0 Å². The summed E-state index contributed by atoms with van der Waals surface area (Å²) in [6.07, 6.45) is -7.28. The minimum Gasteiger partial charge on any atom is -0.347 e. The zero-order chi connectivity index (χ0) is 8.36. The first-order chi connectivity index (χ1) is 4.42. The van der Waals surface area contributed by atoms with Crippen molar-refractivity contribution in [2.24, 2.45) is 0 Å². The van der Waals surface area contributed by atoms with Crippen LogP contribution in [0, 0.1) is 0 Å². The van der Waals surface area contributed by atoms with E-state index in [1.165, 1.54) is 0 Å². The number of ether oxygens (including phenoxy) is 1. The summed E-state index contributed by atoms with van der Waals surface area (Å²) in [5.74, 6) is -4.71. The summed E-state index contributed by atoms with van der Waals surface area (Å²) in [6, 6.07) is 0. The van der Waals surface area contributed by atoms with Crippen molar-refractivity contribution in [2.75, 3.05) is 7.11 Å². The molecule has 0 heterocycles. The maximum atomic E-state index is 11.7. The van der Waals surface area contributed by atoms with Crippen LogP contribution in [0.2, 0.25) is 0 Å². The van der Waals surface area contributed by atoms with Gasteiger partial charge in [0.2, 0.25) is 0 Å². The highest BCUT2D eigenvalue weighted by molar-refractivity contribution is 4.71. The molecule has 1 atom stereocenters. The predicted octanol–water partition coefficient (Wildman–Crippen LogP) is 1.83. The van der Waals surface area contributed by atoms with Crippen LogP contribution in [0.4, 0.5) is 22.0 Å². The molecule has 0 rings (SSSR count). The lowest BCUT2D eigenvalue weighted by atomic mass is 10.3. The fraction of sp³-hybridized carbons (Fsp3) is 1.00. The molecule has 0 amide bonds. The Morgan fingerprint density at radius 1 is 1.20 bits per heavy atom. The summed E-state index contributed by atoms with van der Waals surface area (Å²) in [5.41, 5.74) is 0. The van der Waals surface area contributed by atoms with Gasteiger partial charge in [-0.3, -0.25) is 0 Å². The standard InChI is InChI=1S/C4H5F5O/c1-10-3(7)4(8,9)2(5)6/h2-3H,1H3. The van der Waals surface area contributed by atoms with Gasteiger partial charge in [0.25, 0.3) is 6.36 Å². The Morgan fingerprint density at radius 3 is 1.70 bits per heavy atom. The van der Waals surface area contributed by atoms with Gasteiger partial charge in [0.05, 0.1) is 0 Å². The average molecular weight is 164 g/mol. The van der Waals surface area contributed by atoms with Crippen LogP contribution in [0.3, 0.4) is 0 Å². The van der Waals surface area contributed by atoms with Crippen LogP contribution in [0.25, 0.3) is 0 Å². The van der Waals surface area contributed by atoms with E-state index in [1.807, 2.05) is 0 Å². The molecule has 10 heavy (non-hydrogen) atoms. The molecule has 0 N–H and O–H groups in total. The molecule has 1 nitrogen and oxygen atoms in total. The first kappa shape index (κ1) is 9.61. The predicted molar refractivity (Wildman–Crippen MR) is 22.9 cm³/mol. The van der Waals surface area contributed by atoms with E-state index in [9.17, 15) is 22.0 Å². The first-order valence-corrected chi connectivity index (χ1v) is 2.25. The van der Waals surface area contributed by atoms with E-state index in [2.05, 4.69) is 4.74 Å². The van der Waals surface area contributed by atoms with E-state index < -0.39 is 18.7 Å². The molecule has 0 fully saturated rings. The van der Waals surface area contributed by atoms with Crippen LogP contribution in [-0.4, -0.2) is 25.8 Å². The van der Waals surface area contributed by atoms with Gasteiger partial charge in [0.15, 0.2) is 0 Å². The summed E-state index contributed by atoms with van der Waals surface area (Å²) >= 11 is 0. The third-order valence-corrected chi connectivity index (χ3v) is 0.800. The van der Waals surface area contributed by atoms with Gasteiger partial charge in [-0.25, -0.2) is 13.2 Å². The molecule has 0 aromatic carbocycles. The van der Waals surface area contributed by atoms with Crippen LogP contribution in [-0.2, 0) is 4.74 Å². The molecule has 0 aliphatic carbocycles. The zero-order valence-electron chi connectivity index (χ0n) is 4.95. The Labute approximate surface area is 53.8 Å². The molecule has 0 saturated carbocycles. The Hall–Kier alpha value is -0.390. The minimum absolute atomic E-state index is 0.584. The van der Waals surface area contributed by atoms with Crippen LogP contribution in [0.5, 0.6) is 0 Å². The van der Waals surface area contributed by atoms with Crippen LogP contribution in [0.1, 0.15) is 0 Å². The zero-order valence-corrected chi connectivity index (χ0v) is 4.95. The van der Waals surface area contributed by atoms with Gasteiger partial charge in [-0.2, -0.15) is 8.78 Å². The summed E-state index contributed by atoms with van der Waals surface area (Å²) < 4.78 is 60.8. The molecule has 62 valence electrons. The van der Waals surface area contributed by atoms with Crippen molar-refractivity contribution in [1.29, 1.82) is 0 Å². The van der Waals surface area contributed by atoms with E-state index in [0.29, 0.717) is 7.11 Å². The number of halogens is 5. The van der Waals surface area contributed by atoms with Crippen molar-refractivity contribution in [1.82, 2.24) is 0 Å². The number of alkyl halides is 5. The van der Waals surface area contributed by atoms with Crippen molar-refractivity contribution in [3.8, 4) is 0 Å². The smallest absolute Gasteiger partial charge is 0.347 e. The second-order valence-electron chi connectivity index (χ2n) is 1.53. The molecule has 0 radical (unpaired) electrons. The normalized spacial score (nSPS) is 15.9. The van der Waals surface area contributed by atoms with Gasteiger partial charge in [-0.05, 0) is 0 Å². The molecule has 0 bridgehead atoms. The fourth-order valence-electron chi connectivity index (χ4n) is 0.256. The monoisotopic (exact) mass is 164 g/mol. The van der Waals surface area contributed by atoms with Gasteiger partial charge in [-0.15, -0.1) is 0 Å². The van der Waals surface area contributed by atoms with E-state index in [1.54, 1.807) is 0 Å². The lowest BCUT2D eigenvalue weighted by Gasteiger charge is -2.17. The summed E-state index contributed by atoms with van der Waals surface area (Å²) in [5, 5.41) is 0. The number of methoxy groups -OCH3 is 1. The van der Waals surface area contributed by atoms with Crippen LogP contribution < -0.4 is 0 Å². The lowest BCUT2D eigenvalue weighted by Crippen LogP contribution is -2.38. The van der Waals surface area contributed by atoms with Crippen molar-refractivity contribution < 1.29 is 26.7 Å². The number of rotatable bonds is 3. The Morgan fingerprint density at radius 2 is 1.60 bits per heavy atom. The van der Waals surface area contributed by atoms with Gasteiger partial charge >= 0.3 is 12.3 Å². The topological polar surface area (TPSA) is 9.23 Å². The maximum Gasteiger partial charge on any atom is 0.361 e. The van der Waals surface area contributed by atoms with E-state index in [0.717, 1.165) is 0 Å². The van der Waals surface area contributed by atoms with E-state index in [4.69, 9.17) is 0 Å². The second-order valence-corrected chi connectivity index (χ2v) is 1.53. The van der Waals surface area contributed by atoms with Crippen molar-refractivity contribution in [2.45, 2.75) is 18.7 Å². The molecule has 6 heteroatoms. The Bertz CT molecular complexity index is 104. The van der Waals surface area contributed by atoms with Gasteiger partial charge < -0.3 is 4.74 Å². The average Bonchev–Trinajstić information content (AvgIpc) is 1.86. The quantitative estimate of drug-likeness (QED) is 0.578. The highest BCUT2D eigenvalue weighted by Crippen LogP contribution is 2.28.